The third-order valence-corrected chi connectivity index (χ3v) is 14.5. The maximum atomic E-state index is 14.8. The van der Waals surface area contributed by atoms with E-state index in [1.54, 1.807) is 32.0 Å². The molecule has 2 aliphatic carbocycles. The lowest BCUT2D eigenvalue weighted by Crippen LogP contribution is -2.58. The number of methoxy groups -OCH3 is 2. The number of alkyl halides is 3. The molecule has 3 N–H and O–H groups in total. The van der Waals surface area contributed by atoms with Gasteiger partial charge < -0.3 is 34.5 Å². The van der Waals surface area contributed by atoms with Crippen molar-refractivity contribution in [2.45, 2.75) is 126 Å². The van der Waals surface area contributed by atoms with Crippen molar-refractivity contribution in [3.05, 3.63) is 36.5 Å². The van der Waals surface area contributed by atoms with E-state index in [-0.39, 0.29) is 37.1 Å². The lowest BCUT2D eigenvalue weighted by atomic mass is 9.92. The average Bonchev–Trinajstić information content (AvgIpc) is 4.03. The van der Waals surface area contributed by atoms with Crippen molar-refractivity contribution in [1.29, 1.82) is 0 Å². The predicted octanol–water partition coefficient (Wildman–Crippen LogP) is 5.31. The molecule has 0 unspecified atom stereocenters. The van der Waals surface area contributed by atoms with Gasteiger partial charge in [0, 0.05) is 23.1 Å². The van der Waals surface area contributed by atoms with E-state index in [9.17, 15) is 40.8 Å². The van der Waals surface area contributed by atoms with Crippen LogP contribution < -0.4 is 29.6 Å². The molecular formula is C41H54F3N5O10S. The molecule has 4 amide bonds. The Kier molecular flexibility index (Phi) is 12.4. The van der Waals surface area contributed by atoms with E-state index in [0.717, 1.165) is 0 Å². The van der Waals surface area contributed by atoms with E-state index >= 15 is 0 Å². The molecule has 330 valence electrons. The van der Waals surface area contributed by atoms with Crippen LogP contribution in [0.3, 0.4) is 0 Å². The highest BCUT2D eigenvalue weighted by atomic mass is 32.2. The summed E-state index contributed by atoms with van der Waals surface area (Å²) in [6.45, 7) is 6.42. The minimum Gasteiger partial charge on any atom is -0.497 e. The standard InChI is InChI=1S/C41H54F3N5O10S/c1-23-9-8-10-24(2)33(46-37(53)59-38(3,4)41(42,43)44)36(52)49-22-27(58-35-28-14-13-26(56-6)17-29(28)31(57-7)21-45-35)18-30(49)34(51)47-40(19-25(40)12-11-23)20-32(50)48-60(54,55)39(5)15-16-39/h11-14,17,21,23-25,27,30,33H,8-10,15-16,18-20,22H2,1-7H3,(H,46,53)(H,47,51)(H,48,50)/b12-11-/t23-,24-,25-,27-,30+,33+,40+/m1/s1. The molecule has 7 atom stereocenters. The second-order valence-electron chi connectivity index (χ2n) is 17.4. The molecule has 2 aromatic rings. The second kappa shape index (κ2) is 16.6. The quantitative estimate of drug-likeness (QED) is 0.262. The number of sulfonamides is 1. The van der Waals surface area contributed by atoms with Crippen LogP contribution in [-0.4, -0.2) is 103 Å². The van der Waals surface area contributed by atoms with Crippen molar-refractivity contribution >= 4 is 44.6 Å². The molecular weight excluding hydrogens is 812 g/mol. The van der Waals surface area contributed by atoms with Gasteiger partial charge in [-0.3, -0.25) is 19.1 Å². The summed E-state index contributed by atoms with van der Waals surface area (Å²) in [5.41, 5.74) is -4.06. The molecule has 0 spiro atoms. The number of fused-ring (bicyclic) bond motifs is 3. The first-order valence-corrected chi connectivity index (χ1v) is 21.6. The van der Waals surface area contributed by atoms with E-state index in [0.29, 0.717) is 74.6 Å². The number of halogens is 3. The zero-order valence-electron chi connectivity index (χ0n) is 34.8. The van der Waals surface area contributed by atoms with Crippen LogP contribution >= 0.6 is 0 Å². The maximum Gasteiger partial charge on any atom is 0.427 e. The molecule has 6 rings (SSSR count). The lowest BCUT2D eigenvalue weighted by molar-refractivity contribution is -0.244. The monoisotopic (exact) mass is 865 g/mol. The van der Waals surface area contributed by atoms with Gasteiger partial charge in [0.2, 0.25) is 39.2 Å². The molecule has 1 aromatic carbocycles. The van der Waals surface area contributed by atoms with Crippen LogP contribution in [0, 0.1) is 17.8 Å². The van der Waals surface area contributed by atoms with Crippen molar-refractivity contribution in [3.63, 3.8) is 0 Å². The summed E-state index contributed by atoms with van der Waals surface area (Å²) in [4.78, 5) is 61.6. The normalized spacial score (nSPS) is 28.8. The Morgan fingerprint density at radius 2 is 1.77 bits per heavy atom. The average molecular weight is 866 g/mol. The Bertz CT molecular complexity index is 2150. The van der Waals surface area contributed by atoms with E-state index in [2.05, 4.69) is 20.3 Å². The summed E-state index contributed by atoms with van der Waals surface area (Å²) in [7, 11) is -0.973. The number of carbonyl (C=O) groups is 4. The van der Waals surface area contributed by atoms with Crippen molar-refractivity contribution in [2.24, 2.45) is 17.8 Å². The Labute approximate surface area is 347 Å². The van der Waals surface area contributed by atoms with Gasteiger partial charge >= 0.3 is 12.3 Å². The van der Waals surface area contributed by atoms with Crippen LogP contribution in [0.2, 0.25) is 0 Å². The summed E-state index contributed by atoms with van der Waals surface area (Å²) in [6, 6.07) is 2.50. The number of alkyl carbamates (subject to hydrolysis) is 1. The minimum atomic E-state index is -4.91. The van der Waals surface area contributed by atoms with Gasteiger partial charge in [0.05, 0.1) is 43.7 Å². The highest BCUT2D eigenvalue weighted by Crippen LogP contribution is 2.49. The molecule has 4 aliphatic rings. The molecule has 60 heavy (non-hydrogen) atoms. The van der Waals surface area contributed by atoms with Gasteiger partial charge in [-0.1, -0.05) is 32.4 Å². The third kappa shape index (κ3) is 9.39. The molecule has 1 saturated heterocycles. The van der Waals surface area contributed by atoms with Crippen LogP contribution in [0.5, 0.6) is 17.4 Å². The number of ether oxygens (including phenoxy) is 4. The van der Waals surface area contributed by atoms with Crippen LogP contribution in [0.15, 0.2) is 36.5 Å². The van der Waals surface area contributed by atoms with Crippen molar-refractivity contribution in [1.82, 2.24) is 25.2 Å². The highest BCUT2D eigenvalue weighted by molar-refractivity contribution is 7.91. The summed E-state index contributed by atoms with van der Waals surface area (Å²) < 4.78 is 90.5. The van der Waals surface area contributed by atoms with Crippen LogP contribution in [-0.2, 0) is 29.1 Å². The van der Waals surface area contributed by atoms with Gasteiger partial charge in [0.1, 0.15) is 29.7 Å². The molecule has 3 heterocycles. The van der Waals surface area contributed by atoms with E-state index in [4.69, 9.17) is 18.9 Å². The summed E-state index contributed by atoms with van der Waals surface area (Å²) in [5, 5.41) is 6.54. The highest BCUT2D eigenvalue weighted by Gasteiger charge is 2.58. The van der Waals surface area contributed by atoms with Crippen LogP contribution in [0.4, 0.5) is 18.0 Å². The summed E-state index contributed by atoms with van der Waals surface area (Å²) in [6.07, 6.45) is 0.421. The lowest BCUT2D eigenvalue weighted by Gasteiger charge is -2.33. The Morgan fingerprint density at radius 3 is 2.42 bits per heavy atom. The zero-order valence-corrected chi connectivity index (χ0v) is 35.6. The van der Waals surface area contributed by atoms with Crippen LogP contribution in [0.1, 0.15) is 86.0 Å². The number of nitrogens with zero attached hydrogens (tertiary/aromatic N) is 2. The number of hydrogen-bond donors (Lipinski definition) is 3. The van der Waals surface area contributed by atoms with Crippen molar-refractivity contribution in [3.8, 4) is 17.4 Å². The fourth-order valence-corrected chi connectivity index (χ4v) is 9.11. The number of carbonyl (C=O) groups excluding carboxylic acids is 4. The fraction of sp³-hybridized carbons (Fsp3) is 0.634. The van der Waals surface area contributed by atoms with E-state index in [1.807, 2.05) is 19.1 Å². The minimum absolute atomic E-state index is 0.0183. The van der Waals surface area contributed by atoms with Gasteiger partial charge in [0.15, 0.2) is 0 Å². The third-order valence-electron chi connectivity index (χ3n) is 12.3. The topological polar surface area (TPSA) is 192 Å². The molecule has 19 heteroatoms. The second-order valence-corrected chi connectivity index (χ2v) is 19.6. The molecule has 15 nitrogen and oxygen atoms in total. The van der Waals surface area contributed by atoms with Gasteiger partial charge in [-0.2, -0.15) is 13.2 Å². The number of rotatable bonds is 10. The first-order chi connectivity index (χ1) is 28.0. The molecule has 0 bridgehead atoms. The number of amides is 4. The molecule has 3 fully saturated rings. The first-order valence-electron chi connectivity index (χ1n) is 20.1. The molecule has 2 aliphatic heterocycles. The summed E-state index contributed by atoms with van der Waals surface area (Å²) in [5.74, 6) is -1.99. The van der Waals surface area contributed by atoms with Crippen LogP contribution in [0.25, 0.3) is 10.8 Å². The zero-order chi connectivity index (χ0) is 44.0. The van der Waals surface area contributed by atoms with E-state index in [1.165, 1.54) is 25.3 Å². The Morgan fingerprint density at radius 1 is 1.05 bits per heavy atom. The predicted molar refractivity (Wildman–Crippen MR) is 213 cm³/mol. The Balaban J connectivity index is 1.34. The van der Waals surface area contributed by atoms with Gasteiger partial charge in [-0.25, -0.2) is 18.2 Å². The molecule has 0 radical (unpaired) electrons. The van der Waals surface area contributed by atoms with E-state index < -0.39 is 80.0 Å². The molecule has 1 aromatic heterocycles. The number of hydrogen-bond acceptors (Lipinski definition) is 11. The Hall–Kier alpha value is -4.81. The fourth-order valence-electron chi connectivity index (χ4n) is 7.85. The molecule has 2 saturated carbocycles. The largest absolute Gasteiger partial charge is 0.497 e. The smallest absolute Gasteiger partial charge is 0.427 e. The van der Waals surface area contributed by atoms with Crippen molar-refractivity contribution in [2.75, 3.05) is 20.8 Å². The number of aromatic nitrogens is 1. The maximum absolute atomic E-state index is 14.8. The number of allylic oxidation sites excluding steroid dienone is 1. The SMILES string of the molecule is COc1ccc2c(O[C@@H]3C[C@H]4C(=O)N[C@]5(CC(=O)NS(=O)(=O)C6(C)CC6)C[C@H]5/C=C\[C@H](C)CCC[C@@H](C)[C@H](NC(=O)OC(C)(C)C(F)(F)F)C(=O)N4C3)ncc(OC)c2c1. The summed E-state index contributed by atoms with van der Waals surface area (Å²) >= 11 is 0. The first kappa shape index (κ1) is 44.7. The van der Waals surface area contributed by atoms with Crippen molar-refractivity contribution < 1.29 is 59.7 Å². The number of pyridine rings is 1. The number of nitrogens with one attached hydrogen (secondary N) is 3. The van der Waals surface area contributed by atoms with Gasteiger partial charge in [-0.15, -0.1) is 0 Å². The van der Waals surface area contributed by atoms with Gasteiger partial charge in [0.25, 0.3) is 0 Å². The van der Waals surface area contributed by atoms with Gasteiger partial charge in [-0.05, 0) is 82.9 Å². The number of benzene rings is 1.